The molecule has 0 aliphatic heterocycles. The molecule has 0 aliphatic carbocycles. The van der Waals surface area contributed by atoms with Crippen molar-refractivity contribution in [3.05, 3.63) is 59.7 Å². The number of carbonyl (C=O) groups excluding carboxylic acids is 1. The highest BCUT2D eigenvalue weighted by molar-refractivity contribution is 5.83. The molecule has 0 radical (unpaired) electrons. The number of hydrogen-bond acceptors (Lipinski definition) is 4. The molecule has 0 saturated heterocycles. The summed E-state index contributed by atoms with van der Waals surface area (Å²) in [5.74, 6) is 0.495. The van der Waals surface area contributed by atoms with Crippen molar-refractivity contribution in [1.82, 2.24) is 14.9 Å². The van der Waals surface area contributed by atoms with Gasteiger partial charge in [-0.25, -0.2) is 4.98 Å². The van der Waals surface area contributed by atoms with Crippen LogP contribution in [-0.2, 0) is 11.3 Å². The Balaban J connectivity index is 1.79. The smallest absolute Gasteiger partial charge is 0.240 e. The largest absolute Gasteiger partial charge is 0.395 e. The highest BCUT2D eigenvalue weighted by atomic mass is 16.3. The van der Waals surface area contributed by atoms with Crippen LogP contribution in [-0.4, -0.2) is 33.7 Å². The van der Waals surface area contributed by atoms with Crippen LogP contribution < -0.4 is 10.6 Å². The third kappa shape index (κ3) is 3.86. The molecule has 1 aromatic heterocycles. The lowest BCUT2D eigenvalue weighted by molar-refractivity contribution is -0.122. The monoisotopic (exact) mass is 352 g/mol. The third-order valence-corrected chi connectivity index (χ3v) is 4.38. The van der Waals surface area contributed by atoms with Gasteiger partial charge in [-0.3, -0.25) is 4.79 Å². The molecular weight excluding hydrogens is 328 g/mol. The first-order valence-corrected chi connectivity index (χ1v) is 8.75. The zero-order valence-corrected chi connectivity index (χ0v) is 15.1. The SMILES string of the molecule is Cc1ccccc1[C@H](C)NC(=O)Cn1c(NCCO)nc2ccccc21. The molecule has 26 heavy (non-hydrogen) atoms. The number of nitrogens with one attached hydrogen (secondary N) is 2. The van der Waals surface area contributed by atoms with Crippen molar-refractivity contribution in [1.29, 1.82) is 0 Å². The van der Waals surface area contributed by atoms with Gasteiger partial charge in [0.1, 0.15) is 6.54 Å². The van der Waals surface area contributed by atoms with E-state index in [4.69, 9.17) is 5.11 Å². The van der Waals surface area contributed by atoms with E-state index in [-0.39, 0.29) is 25.1 Å². The molecule has 1 amide bonds. The van der Waals surface area contributed by atoms with Gasteiger partial charge in [0.25, 0.3) is 0 Å². The van der Waals surface area contributed by atoms with E-state index in [1.807, 2.05) is 66.9 Å². The highest BCUT2D eigenvalue weighted by Crippen LogP contribution is 2.20. The number of imidazole rings is 1. The Labute approximate surface area is 152 Å². The van der Waals surface area contributed by atoms with Crippen molar-refractivity contribution in [2.45, 2.75) is 26.4 Å². The number of carbonyl (C=O) groups is 1. The summed E-state index contributed by atoms with van der Waals surface area (Å²) in [6, 6.07) is 15.6. The zero-order chi connectivity index (χ0) is 18.5. The van der Waals surface area contributed by atoms with Crippen molar-refractivity contribution < 1.29 is 9.90 Å². The van der Waals surface area contributed by atoms with Gasteiger partial charge in [0.05, 0.1) is 23.7 Å². The molecule has 0 unspecified atom stereocenters. The van der Waals surface area contributed by atoms with E-state index < -0.39 is 0 Å². The molecule has 136 valence electrons. The van der Waals surface area contributed by atoms with Gasteiger partial charge in [0.2, 0.25) is 11.9 Å². The van der Waals surface area contributed by atoms with Crippen LogP contribution in [0.3, 0.4) is 0 Å². The molecule has 0 saturated carbocycles. The Hall–Kier alpha value is -2.86. The fraction of sp³-hybridized carbons (Fsp3) is 0.300. The van der Waals surface area contributed by atoms with Crippen LogP contribution in [0, 0.1) is 6.92 Å². The van der Waals surface area contributed by atoms with Crippen molar-refractivity contribution in [3.8, 4) is 0 Å². The van der Waals surface area contributed by atoms with Crippen LogP contribution in [0.1, 0.15) is 24.1 Å². The number of aliphatic hydroxyl groups is 1. The van der Waals surface area contributed by atoms with Gasteiger partial charge < -0.3 is 20.3 Å². The Morgan fingerprint density at radius 1 is 1.19 bits per heavy atom. The average molecular weight is 352 g/mol. The highest BCUT2D eigenvalue weighted by Gasteiger charge is 2.16. The first kappa shape index (κ1) is 17.9. The maximum atomic E-state index is 12.6. The predicted molar refractivity (Wildman–Crippen MR) is 103 cm³/mol. The van der Waals surface area contributed by atoms with Gasteiger partial charge in [-0.1, -0.05) is 36.4 Å². The first-order chi connectivity index (χ1) is 12.6. The summed E-state index contributed by atoms with van der Waals surface area (Å²) in [5, 5.41) is 15.2. The lowest BCUT2D eigenvalue weighted by Crippen LogP contribution is -2.31. The normalized spacial score (nSPS) is 12.1. The molecule has 0 bridgehead atoms. The number of benzene rings is 2. The number of rotatable bonds is 7. The van der Waals surface area contributed by atoms with E-state index in [9.17, 15) is 4.79 Å². The van der Waals surface area contributed by atoms with E-state index in [2.05, 4.69) is 15.6 Å². The molecule has 6 nitrogen and oxygen atoms in total. The fourth-order valence-corrected chi connectivity index (χ4v) is 3.12. The minimum Gasteiger partial charge on any atom is -0.395 e. The Bertz CT molecular complexity index is 904. The summed E-state index contributed by atoms with van der Waals surface area (Å²) >= 11 is 0. The maximum Gasteiger partial charge on any atom is 0.240 e. The fourth-order valence-electron chi connectivity index (χ4n) is 3.12. The number of amides is 1. The molecule has 1 heterocycles. The van der Waals surface area contributed by atoms with E-state index in [0.717, 1.165) is 22.2 Å². The molecule has 3 rings (SSSR count). The Morgan fingerprint density at radius 2 is 1.92 bits per heavy atom. The Morgan fingerprint density at radius 3 is 2.69 bits per heavy atom. The number of para-hydroxylation sites is 2. The van der Waals surface area contributed by atoms with E-state index in [1.165, 1.54) is 0 Å². The van der Waals surface area contributed by atoms with Crippen LogP contribution in [0.5, 0.6) is 0 Å². The van der Waals surface area contributed by atoms with Gasteiger partial charge in [-0.05, 0) is 37.1 Å². The summed E-state index contributed by atoms with van der Waals surface area (Å²) in [5.41, 5.74) is 3.95. The lowest BCUT2D eigenvalue weighted by Gasteiger charge is -2.17. The minimum absolute atomic E-state index is 0.000278. The van der Waals surface area contributed by atoms with Gasteiger partial charge >= 0.3 is 0 Å². The topological polar surface area (TPSA) is 79.2 Å². The predicted octanol–water partition coefficient (Wildman–Crippen LogP) is 2.63. The summed E-state index contributed by atoms with van der Waals surface area (Å²) in [7, 11) is 0. The first-order valence-electron chi connectivity index (χ1n) is 8.75. The molecule has 3 aromatic rings. The van der Waals surface area contributed by atoms with E-state index >= 15 is 0 Å². The van der Waals surface area contributed by atoms with Crippen molar-refractivity contribution in [3.63, 3.8) is 0 Å². The number of aryl methyl sites for hydroxylation is 1. The number of aromatic nitrogens is 2. The molecule has 6 heteroatoms. The molecule has 2 aromatic carbocycles. The number of hydrogen-bond donors (Lipinski definition) is 3. The van der Waals surface area contributed by atoms with Gasteiger partial charge in [0, 0.05) is 6.54 Å². The van der Waals surface area contributed by atoms with Crippen molar-refractivity contribution in [2.75, 3.05) is 18.5 Å². The molecule has 3 N–H and O–H groups in total. The van der Waals surface area contributed by atoms with Crippen molar-refractivity contribution >= 4 is 22.9 Å². The van der Waals surface area contributed by atoms with Crippen LogP contribution in [0.25, 0.3) is 11.0 Å². The lowest BCUT2D eigenvalue weighted by atomic mass is 10.0. The second-order valence-corrected chi connectivity index (χ2v) is 6.31. The number of aliphatic hydroxyl groups excluding tert-OH is 1. The van der Waals surface area contributed by atoms with Gasteiger partial charge in [-0.2, -0.15) is 0 Å². The second-order valence-electron chi connectivity index (χ2n) is 6.31. The maximum absolute atomic E-state index is 12.6. The zero-order valence-electron chi connectivity index (χ0n) is 15.1. The molecular formula is C20H24N4O2. The van der Waals surface area contributed by atoms with Gasteiger partial charge in [-0.15, -0.1) is 0 Å². The van der Waals surface area contributed by atoms with Crippen molar-refractivity contribution in [2.24, 2.45) is 0 Å². The quantitative estimate of drug-likeness (QED) is 0.611. The van der Waals surface area contributed by atoms with Crippen LogP contribution in [0.4, 0.5) is 5.95 Å². The third-order valence-electron chi connectivity index (χ3n) is 4.38. The Kier molecular flexibility index (Phi) is 5.53. The summed E-state index contributed by atoms with van der Waals surface area (Å²) in [6.45, 7) is 4.56. The molecule has 0 fully saturated rings. The number of anilines is 1. The molecule has 0 aliphatic rings. The van der Waals surface area contributed by atoms with Gasteiger partial charge in [0.15, 0.2) is 0 Å². The summed E-state index contributed by atoms with van der Waals surface area (Å²) in [6.07, 6.45) is 0. The van der Waals surface area contributed by atoms with Crippen LogP contribution >= 0.6 is 0 Å². The second kappa shape index (κ2) is 8.01. The standard InChI is InChI=1S/C20H24N4O2/c1-14-7-3-4-8-16(14)15(2)22-19(26)13-24-18-10-6-5-9-17(18)23-20(24)21-11-12-25/h3-10,15,25H,11-13H2,1-2H3,(H,21,23)(H,22,26)/t15-/m0/s1. The summed E-state index contributed by atoms with van der Waals surface area (Å²) < 4.78 is 1.84. The number of fused-ring (bicyclic) bond motifs is 1. The number of nitrogens with zero attached hydrogens (tertiary/aromatic N) is 2. The minimum atomic E-state index is -0.0871. The van der Waals surface area contributed by atoms with E-state index in [0.29, 0.717) is 12.5 Å². The molecule has 1 atom stereocenters. The summed E-state index contributed by atoms with van der Waals surface area (Å²) in [4.78, 5) is 17.2. The molecule has 0 spiro atoms. The average Bonchev–Trinajstić information content (AvgIpc) is 2.97. The van der Waals surface area contributed by atoms with Crippen LogP contribution in [0.2, 0.25) is 0 Å². The van der Waals surface area contributed by atoms with Crippen LogP contribution in [0.15, 0.2) is 48.5 Å². The van der Waals surface area contributed by atoms with E-state index in [1.54, 1.807) is 0 Å².